The Morgan fingerprint density at radius 3 is 2.38 bits per heavy atom. The summed E-state index contributed by atoms with van der Waals surface area (Å²) in [4.78, 5) is 11.2. The number of hydrogen-bond donors (Lipinski definition) is 2. The third-order valence-corrected chi connectivity index (χ3v) is 5.23. The zero-order valence-corrected chi connectivity index (χ0v) is 14.7. The van der Waals surface area contributed by atoms with Crippen molar-refractivity contribution in [1.82, 2.24) is 0 Å². The second kappa shape index (κ2) is 6.51. The molecule has 1 aliphatic rings. The van der Waals surface area contributed by atoms with E-state index in [1.165, 1.54) is 24.3 Å². The molecule has 0 atom stereocenters. The minimum atomic E-state index is -3.77. The first-order chi connectivity index (χ1) is 12.2. The zero-order chi connectivity index (χ0) is 19.1. The van der Waals surface area contributed by atoms with Crippen molar-refractivity contribution >= 4 is 33.2 Å². The lowest BCUT2D eigenvalue weighted by Crippen LogP contribution is -2.11. The molecule has 26 heavy (non-hydrogen) atoms. The number of allylic oxidation sites excluding steroid dienone is 2. The van der Waals surface area contributed by atoms with Crippen LogP contribution < -0.4 is 5.14 Å². The van der Waals surface area contributed by atoms with Crippen LogP contribution in [0.1, 0.15) is 30.0 Å². The Hall–Kier alpha value is -2.77. The molecule has 0 aliphatic heterocycles. The van der Waals surface area contributed by atoms with Gasteiger partial charge < -0.3 is 5.11 Å². The van der Waals surface area contributed by atoms with E-state index in [1.54, 1.807) is 25.1 Å². The van der Waals surface area contributed by atoms with Crippen molar-refractivity contribution in [3.8, 4) is 0 Å². The predicted molar refractivity (Wildman–Crippen MR) is 96.9 cm³/mol. The number of carboxylic acid groups (broad SMARTS) is 1. The summed E-state index contributed by atoms with van der Waals surface area (Å²) < 4.78 is 36.3. The fourth-order valence-corrected chi connectivity index (χ4v) is 3.57. The number of fused-ring (bicyclic) bond motifs is 1. The SMILES string of the molecule is CC1=C(CC(=O)O)c2cc(F)ccc2/C1=C\c1ccc(S(N)(=O)=O)cc1. The number of carboxylic acids is 1. The van der Waals surface area contributed by atoms with E-state index in [9.17, 15) is 17.6 Å². The summed E-state index contributed by atoms with van der Waals surface area (Å²) in [5.74, 6) is -1.42. The first-order valence-electron chi connectivity index (χ1n) is 7.73. The number of sulfonamides is 1. The summed E-state index contributed by atoms with van der Waals surface area (Å²) in [7, 11) is -3.77. The Balaban J connectivity index is 2.11. The summed E-state index contributed by atoms with van der Waals surface area (Å²) in [6.45, 7) is 1.79. The molecule has 0 unspecified atom stereocenters. The van der Waals surface area contributed by atoms with Crippen LogP contribution in [0, 0.1) is 5.82 Å². The molecular formula is C19H16FNO4S. The number of benzene rings is 2. The van der Waals surface area contributed by atoms with Crippen LogP contribution in [-0.4, -0.2) is 19.5 Å². The van der Waals surface area contributed by atoms with E-state index >= 15 is 0 Å². The number of primary sulfonamides is 1. The average Bonchev–Trinajstić information content (AvgIpc) is 2.79. The van der Waals surface area contributed by atoms with Gasteiger partial charge in [0, 0.05) is 0 Å². The quantitative estimate of drug-likeness (QED) is 0.859. The fraction of sp³-hybridized carbons (Fsp3) is 0.105. The first kappa shape index (κ1) is 18.0. The monoisotopic (exact) mass is 373 g/mol. The Kier molecular flexibility index (Phi) is 4.52. The number of aliphatic carboxylic acids is 1. The summed E-state index contributed by atoms with van der Waals surface area (Å²) in [5.41, 5.74) is 4.13. The van der Waals surface area contributed by atoms with Gasteiger partial charge in [-0.3, -0.25) is 4.79 Å². The molecule has 1 aliphatic carbocycles. The van der Waals surface area contributed by atoms with Crippen molar-refractivity contribution in [2.75, 3.05) is 0 Å². The molecule has 2 aromatic rings. The molecule has 134 valence electrons. The van der Waals surface area contributed by atoms with E-state index in [1.807, 2.05) is 6.08 Å². The molecule has 0 bridgehead atoms. The highest BCUT2D eigenvalue weighted by atomic mass is 32.2. The standard InChI is InChI=1S/C19H16FNO4S/c1-11-16(8-12-2-5-14(6-3-12)26(21,24)25)15-7-4-13(20)9-18(15)17(11)10-19(22)23/h2-9H,10H2,1H3,(H,22,23)(H2,21,24,25)/b16-8-. The van der Waals surface area contributed by atoms with Crippen LogP contribution in [0.3, 0.4) is 0 Å². The normalized spacial score (nSPS) is 15.4. The molecule has 0 aromatic heterocycles. The average molecular weight is 373 g/mol. The van der Waals surface area contributed by atoms with Crippen molar-refractivity contribution in [3.63, 3.8) is 0 Å². The van der Waals surface area contributed by atoms with Crippen LogP contribution >= 0.6 is 0 Å². The Morgan fingerprint density at radius 1 is 1.15 bits per heavy atom. The van der Waals surface area contributed by atoms with Crippen LogP contribution in [-0.2, 0) is 14.8 Å². The van der Waals surface area contributed by atoms with Crippen LogP contribution in [0.15, 0.2) is 52.9 Å². The maximum atomic E-state index is 13.7. The maximum absolute atomic E-state index is 13.7. The van der Waals surface area contributed by atoms with Gasteiger partial charge in [0.2, 0.25) is 10.0 Å². The smallest absolute Gasteiger partial charge is 0.307 e. The molecule has 0 fully saturated rings. The predicted octanol–water partition coefficient (Wildman–Crippen LogP) is 3.28. The van der Waals surface area contributed by atoms with Crippen molar-refractivity contribution in [1.29, 1.82) is 0 Å². The lowest BCUT2D eigenvalue weighted by molar-refractivity contribution is -0.135. The number of halogens is 1. The largest absolute Gasteiger partial charge is 0.481 e. The molecule has 3 rings (SSSR count). The van der Waals surface area contributed by atoms with E-state index in [2.05, 4.69) is 0 Å². The van der Waals surface area contributed by atoms with Gasteiger partial charge in [-0.15, -0.1) is 0 Å². The highest BCUT2D eigenvalue weighted by Crippen LogP contribution is 2.43. The van der Waals surface area contributed by atoms with Crippen molar-refractivity contribution in [2.24, 2.45) is 5.14 Å². The molecule has 0 saturated carbocycles. The topological polar surface area (TPSA) is 97.5 Å². The number of hydrogen-bond acceptors (Lipinski definition) is 3. The number of rotatable bonds is 4. The van der Waals surface area contributed by atoms with Crippen LogP contribution in [0.5, 0.6) is 0 Å². The third-order valence-electron chi connectivity index (χ3n) is 4.30. The highest BCUT2D eigenvalue weighted by molar-refractivity contribution is 7.89. The Labute approximate surface area is 150 Å². The zero-order valence-electron chi connectivity index (χ0n) is 13.9. The molecule has 0 amide bonds. The van der Waals surface area contributed by atoms with Crippen LogP contribution in [0.2, 0.25) is 0 Å². The third kappa shape index (κ3) is 3.44. The molecule has 0 radical (unpaired) electrons. The van der Waals surface area contributed by atoms with E-state index < -0.39 is 21.8 Å². The van der Waals surface area contributed by atoms with Crippen LogP contribution in [0.25, 0.3) is 17.2 Å². The second-order valence-electron chi connectivity index (χ2n) is 6.04. The molecule has 0 heterocycles. The van der Waals surface area contributed by atoms with E-state index in [0.717, 1.165) is 22.3 Å². The molecule has 2 aromatic carbocycles. The van der Waals surface area contributed by atoms with Crippen molar-refractivity contribution in [2.45, 2.75) is 18.2 Å². The molecule has 7 heteroatoms. The summed E-state index contributed by atoms with van der Waals surface area (Å²) >= 11 is 0. The molecule has 3 N–H and O–H groups in total. The molecule has 5 nitrogen and oxygen atoms in total. The van der Waals surface area contributed by atoms with E-state index in [4.69, 9.17) is 10.2 Å². The fourth-order valence-electron chi connectivity index (χ4n) is 3.05. The van der Waals surface area contributed by atoms with Gasteiger partial charge in [-0.05, 0) is 70.7 Å². The van der Waals surface area contributed by atoms with Gasteiger partial charge in [0.05, 0.1) is 11.3 Å². The molecule has 0 spiro atoms. The van der Waals surface area contributed by atoms with Gasteiger partial charge in [0.15, 0.2) is 0 Å². The maximum Gasteiger partial charge on any atom is 0.307 e. The highest BCUT2D eigenvalue weighted by Gasteiger charge is 2.25. The van der Waals surface area contributed by atoms with Gasteiger partial charge in [-0.1, -0.05) is 18.2 Å². The summed E-state index contributed by atoms with van der Waals surface area (Å²) in [6.07, 6.45) is 1.61. The van der Waals surface area contributed by atoms with E-state index in [0.29, 0.717) is 11.1 Å². The summed E-state index contributed by atoms with van der Waals surface area (Å²) in [5, 5.41) is 14.2. The Morgan fingerprint density at radius 2 is 1.81 bits per heavy atom. The number of nitrogens with two attached hydrogens (primary N) is 1. The molecular weight excluding hydrogens is 357 g/mol. The van der Waals surface area contributed by atoms with Crippen molar-refractivity contribution in [3.05, 3.63) is 70.5 Å². The van der Waals surface area contributed by atoms with Crippen molar-refractivity contribution < 1.29 is 22.7 Å². The van der Waals surface area contributed by atoms with Gasteiger partial charge in [0.25, 0.3) is 0 Å². The minimum absolute atomic E-state index is 0.00683. The second-order valence-corrected chi connectivity index (χ2v) is 7.60. The lowest BCUT2D eigenvalue weighted by Gasteiger charge is -2.05. The van der Waals surface area contributed by atoms with Gasteiger partial charge in [0.1, 0.15) is 5.82 Å². The van der Waals surface area contributed by atoms with E-state index in [-0.39, 0.29) is 11.3 Å². The van der Waals surface area contributed by atoms with Gasteiger partial charge >= 0.3 is 5.97 Å². The number of carbonyl (C=O) groups is 1. The first-order valence-corrected chi connectivity index (χ1v) is 9.28. The molecule has 0 saturated heterocycles. The lowest BCUT2D eigenvalue weighted by atomic mass is 10.0. The van der Waals surface area contributed by atoms with Gasteiger partial charge in [-0.25, -0.2) is 17.9 Å². The Bertz CT molecular complexity index is 1070. The van der Waals surface area contributed by atoms with Crippen LogP contribution in [0.4, 0.5) is 4.39 Å². The van der Waals surface area contributed by atoms with Gasteiger partial charge in [-0.2, -0.15) is 0 Å². The minimum Gasteiger partial charge on any atom is -0.481 e. The summed E-state index contributed by atoms with van der Waals surface area (Å²) in [6, 6.07) is 10.3.